The van der Waals surface area contributed by atoms with Crippen molar-refractivity contribution in [1.82, 2.24) is 0 Å². The van der Waals surface area contributed by atoms with Gasteiger partial charge in [0.1, 0.15) is 11.9 Å². The summed E-state index contributed by atoms with van der Waals surface area (Å²) >= 11 is 11.9. The summed E-state index contributed by atoms with van der Waals surface area (Å²) in [6.45, 7) is 2.06. The molecule has 0 saturated carbocycles. The highest BCUT2D eigenvalue weighted by Gasteiger charge is 2.12. The van der Waals surface area contributed by atoms with Gasteiger partial charge in [0, 0.05) is 11.1 Å². The Morgan fingerprint density at radius 3 is 2.58 bits per heavy atom. The lowest BCUT2D eigenvalue weighted by molar-refractivity contribution is 0.201. The van der Waals surface area contributed by atoms with Crippen LogP contribution in [0.3, 0.4) is 0 Å². The molecule has 0 fully saturated rings. The number of rotatable bonds is 4. The molecule has 0 heterocycles. The van der Waals surface area contributed by atoms with Gasteiger partial charge in [0.2, 0.25) is 0 Å². The normalized spacial score (nSPS) is 12.2. The maximum Gasteiger partial charge on any atom is 0.124 e. The summed E-state index contributed by atoms with van der Waals surface area (Å²) in [5.41, 5.74) is 7.33. The Kier molecular flexibility index (Phi) is 4.56. The van der Waals surface area contributed by atoms with Gasteiger partial charge in [-0.2, -0.15) is 0 Å². The Bertz CT molecular complexity index is 572. The van der Waals surface area contributed by atoms with E-state index in [1.54, 1.807) is 12.1 Å². The molecule has 100 valence electrons. The Balaban J connectivity index is 2.21. The third-order valence-electron chi connectivity index (χ3n) is 2.84. The molecule has 2 aromatic carbocycles. The van der Waals surface area contributed by atoms with Crippen LogP contribution in [0.2, 0.25) is 10.0 Å². The van der Waals surface area contributed by atoms with Gasteiger partial charge in [-0.05, 0) is 36.2 Å². The maximum atomic E-state index is 6.00. The van der Waals surface area contributed by atoms with Crippen molar-refractivity contribution in [3.63, 3.8) is 0 Å². The second-order valence-corrected chi connectivity index (χ2v) is 5.10. The standard InChI is InChI=1S/C15H15Cl2NO/c1-2-15(10-4-3-5-11(16)8-10)19-12-6-7-13(17)14(18)9-12/h3-9,15H,2,18H2,1H3. The minimum atomic E-state index is -0.0562. The molecule has 0 aliphatic heterocycles. The number of ether oxygens (including phenoxy) is 1. The van der Waals surface area contributed by atoms with E-state index >= 15 is 0 Å². The molecule has 2 rings (SSSR count). The minimum Gasteiger partial charge on any atom is -0.486 e. The average molecular weight is 296 g/mol. The zero-order valence-corrected chi connectivity index (χ0v) is 12.1. The number of nitrogen functional groups attached to an aromatic ring is 1. The van der Waals surface area contributed by atoms with Crippen molar-refractivity contribution in [1.29, 1.82) is 0 Å². The van der Waals surface area contributed by atoms with Crippen LogP contribution >= 0.6 is 23.2 Å². The monoisotopic (exact) mass is 295 g/mol. The van der Waals surface area contributed by atoms with Gasteiger partial charge in [0.25, 0.3) is 0 Å². The number of hydrogen-bond acceptors (Lipinski definition) is 2. The molecule has 0 aromatic heterocycles. The van der Waals surface area contributed by atoms with E-state index in [9.17, 15) is 0 Å². The zero-order valence-electron chi connectivity index (χ0n) is 10.6. The van der Waals surface area contributed by atoms with Gasteiger partial charge in [0.05, 0.1) is 10.7 Å². The predicted molar refractivity (Wildman–Crippen MR) is 81.0 cm³/mol. The van der Waals surface area contributed by atoms with Crippen LogP contribution in [0, 0.1) is 0 Å². The number of benzene rings is 2. The van der Waals surface area contributed by atoms with Gasteiger partial charge in [-0.15, -0.1) is 0 Å². The molecule has 0 saturated heterocycles. The van der Waals surface area contributed by atoms with Gasteiger partial charge in [0.15, 0.2) is 0 Å². The molecule has 0 aliphatic carbocycles. The summed E-state index contributed by atoms with van der Waals surface area (Å²) in [5, 5.41) is 1.23. The molecule has 2 nitrogen and oxygen atoms in total. The van der Waals surface area contributed by atoms with Gasteiger partial charge in [-0.3, -0.25) is 0 Å². The molecule has 2 N–H and O–H groups in total. The van der Waals surface area contributed by atoms with Crippen molar-refractivity contribution in [2.75, 3.05) is 5.73 Å². The highest BCUT2D eigenvalue weighted by molar-refractivity contribution is 6.33. The molecule has 2 aromatic rings. The Labute approximate surface area is 123 Å². The summed E-state index contributed by atoms with van der Waals surface area (Å²) in [7, 11) is 0. The van der Waals surface area contributed by atoms with Crippen molar-refractivity contribution in [2.45, 2.75) is 19.4 Å². The summed E-state index contributed by atoms with van der Waals surface area (Å²) in [6.07, 6.45) is 0.780. The highest BCUT2D eigenvalue weighted by Crippen LogP contribution is 2.29. The smallest absolute Gasteiger partial charge is 0.124 e. The SMILES string of the molecule is CCC(Oc1ccc(Cl)c(N)c1)c1cccc(Cl)c1. The van der Waals surface area contributed by atoms with Gasteiger partial charge in [-0.1, -0.05) is 42.3 Å². The second-order valence-electron chi connectivity index (χ2n) is 4.25. The first-order valence-corrected chi connectivity index (χ1v) is 6.83. The fraction of sp³-hybridized carbons (Fsp3) is 0.200. The number of anilines is 1. The van der Waals surface area contributed by atoms with E-state index in [1.165, 1.54) is 0 Å². The van der Waals surface area contributed by atoms with Crippen LogP contribution in [0.15, 0.2) is 42.5 Å². The van der Waals surface area contributed by atoms with E-state index in [4.69, 9.17) is 33.7 Å². The highest BCUT2D eigenvalue weighted by atomic mass is 35.5. The Morgan fingerprint density at radius 1 is 1.16 bits per heavy atom. The molecule has 0 amide bonds. The molecule has 0 spiro atoms. The summed E-state index contributed by atoms with van der Waals surface area (Å²) < 4.78 is 5.94. The van der Waals surface area contributed by atoms with Crippen LogP contribution in [0.1, 0.15) is 25.0 Å². The molecule has 4 heteroatoms. The minimum absolute atomic E-state index is 0.0562. The average Bonchev–Trinajstić information content (AvgIpc) is 2.40. The zero-order chi connectivity index (χ0) is 13.8. The molecule has 1 atom stereocenters. The lowest BCUT2D eigenvalue weighted by Crippen LogP contribution is -2.06. The van der Waals surface area contributed by atoms with Crippen molar-refractivity contribution >= 4 is 28.9 Å². The molecule has 0 radical (unpaired) electrons. The molecular formula is C15H15Cl2NO. The lowest BCUT2D eigenvalue weighted by atomic mass is 10.1. The number of nitrogens with two attached hydrogens (primary N) is 1. The number of halogens is 2. The van der Waals surface area contributed by atoms with E-state index in [-0.39, 0.29) is 6.10 Å². The maximum absolute atomic E-state index is 6.00. The largest absolute Gasteiger partial charge is 0.486 e. The topological polar surface area (TPSA) is 35.2 Å². The van der Waals surface area contributed by atoms with E-state index in [0.29, 0.717) is 21.5 Å². The van der Waals surface area contributed by atoms with Crippen LogP contribution in [-0.4, -0.2) is 0 Å². The van der Waals surface area contributed by atoms with Crippen molar-refractivity contribution in [3.05, 3.63) is 58.1 Å². The van der Waals surface area contributed by atoms with Crippen molar-refractivity contribution in [3.8, 4) is 5.75 Å². The Hall–Kier alpha value is -1.38. The van der Waals surface area contributed by atoms with Crippen molar-refractivity contribution in [2.24, 2.45) is 0 Å². The van der Waals surface area contributed by atoms with Gasteiger partial charge >= 0.3 is 0 Å². The van der Waals surface area contributed by atoms with Crippen LogP contribution in [0.5, 0.6) is 5.75 Å². The Morgan fingerprint density at radius 2 is 1.95 bits per heavy atom. The first kappa shape index (κ1) is 14.0. The van der Waals surface area contributed by atoms with Crippen LogP contribution in [-0.2, 0) is 0 Å². The van der Waals surface area contributed by atoms with Crippen LogP contribution in [0.25, 0.3) is 0 Å². The summed E-state index contributed by atoms with van der Waals surface area (Å²) in [5.74, 6) is 0.703. The third kappa shape index (κ3) is 3.55. The van der Waals surface area contributed by atoms with E-state index in [0.717, 1.165) is 12.0 Å². The first-order valence-electron chi connectivity index (χ1n) is 6.07. The van der Waals surface area contributed by atoms with E-state index in [2.05, 4.69) is 6.92 Å². The van der Waals surface area contributed by atoms with Crippen molar-refractivity contribution < 1.29 is 4.74 Å². The molecular weight excluding hydrogens is 281 g/mol. The number of hydrogen-bond donors (Lipinski definition) is 1. The van der Waals surface area contributed by atoms with Gasteiger partial charge < -0.3 is 10.5 Å². The molecule has 19 heavy (non-hydrogen) atoms. The summed E-state index contributed by atoms with van der Waals surface area (Å²) in [4.78, 5) is 0. The molecule has 0 bridgehead atoms. The fourth-order valence-electron chi connectivity index (χ4n) is 1.85. The second kappa shape index (κ2) is 6.18. The lowest BCUT2D eigenvalue weighted by Gasteiger charge is -2.18. The van der Waals surface area contributed by atoms with Crippen LogP contribution < -0.4 is 10.5 Å². The molecule has 0 aliphatic rings. The van der Waals surface area contributed by atoms with E-state index in [1.807, 2.05) is 30.3 Å². The fourth-order valence-corrected chi connectivity index (χ4v) is 2.17. The van der Waals surface area contributed by atoms with Gasteiger partial charge in [-0.25, -0.2) is 0 Å². The van der Waals surface area contributed by atoms with Crippen LogP contribution in [0.4, 0.5) is 5.69 Å². The quantitative estimate of drug-likeness (QED) is 0.796. The first-order chi connectivity index (χ1) is 9.10. The van der Waals surface area contributed by atoms with E-state index < -0.39 is 0 Å². The predicted octanol–water partition coefficient (Wildman–Crippen LogP) is 5.11. The molecule has 1 unspecified atom stereocenters. The third-order valence-corrected chi connectivity index (χ3v) is 3.42. The summed E-state index contributed by atoms with van der Waals surface area (Å²) in [6, 6.07) is 12.9.